The fraction of sp³-hybridized carbons (Fsp3) is 0.353. The molecule has 0 saturated heterocycles. The average molecular weight is 319 g/mol. The van der Waals surface area contributed by atoms with E-state index >= 15 is 0 Å². The molecule has 1 amide bonds. The molecule has 1 heterocycles. The molecule has 1 aliphatic rings. The van der Waals surface area contributed by atoms with Gasteiger partial charge in [-0.15, -0.1) is 0 Å². The Morgan fingerprint density at radius 3 is 2.82 bits per heavy atom. The molecule has 0 radical (unpaired) electrons. The number of amides is 1. The van der Waals surface area contributed by atoms with Crippen LogP contribution in [0.3, 0.4) is 0 Å². The maximum absolute atomic E-state index is 13.5. The van der Waals surface area contributed by atoms with Crippen molar-refractivity contribution in [3.63, 3.8) is 0 Å². The van der Waals surface area contributed by atoms with E-state index < -0.39 is 11.5 Å². The highest BCUT2D eigenvalue weighted by Crippen LogP contribution is 2.44. The van der Waals surface area contributed by atoms with Gasteiger partial charge < -0.3 is 10.4 Å². The van der Waals surface area contributed by atoms with Crippen molar-refractivity contribution in [3.8, 4) is 0 Å². The van der Waals surface area contributed by atoms with Crippen LogP contribution in [0, 0.1) is 5.82 Å². The topological polar surface area (TPSA) is 49.3 Å². The normalized spacial score (nSPS) is 17.5. The molecule has 2 aromatic rings. The second-order valence-corrected chi connectivity index (χ2v) is 6.51. The molecular formula is C17H18FNO2S. The summed E-state index contributed by atoms with van der Waals surface area (Å²) in [5.74, 6) is -0.450. The lowest BCUT2D eigenvalue weighted by atomic mass is 9.63. The highest BCUT2D eigenvalue weighted by Gasteiger charge is 2.45. The van der Waals surface area contributed by atoms with Crippen molar-refractivity contribution in [1.29, 1.82) is 0 Å². The van der Waals surface area contributed by atoms with E-state index in [-0.39, 0.29) is 18.3 Å². The molecule has 3 rings (SSSR count). The monoisotopic (exact) mass is 319 g/mol. The number of benzene rings is 1. The van der Waals surface area contributed by atoms with Crippen LogP contribution in [0.4, 0.5) is 4.39 Å². The number of hydrogen-bond acceptors (Lipinski definition) is 3. The summed E-state index contributed by atoms with van der Waals surface area (Å²) in [6, 6.07) is 8.10. The van der Waals surface area contributed by atoms with Crippen molar-refractivity contribution in [3.05, 3.63) is 58.0 Å². The van der Waals surface area contributed by atoms with Crippen LogP contribution in [0.1, 0.15) is 36.5 Å². The van der Waals surface area contributed by atoms with Crippen molar-refractivity contribution in [2.24, 2.45) is 0 Å². The lowest BCUT2D eigenvalue weighted by Gasteiger charge is -2.41. The Morgan fingerprint density at radius 1 is 1.41 bits per heavy atom. The molecule has 1 saturated carbocycles. The number of halogens is 1. The average Bonchev–Trinajstić information content (AvgIpc) is 2.98. The number of rotatable bonds is 5. The first-order valence-corrected chi connectivity index (χ1v) is 8.31. The van der Waals surface area contributed by atoms with E-state index in [0.29, 0.717) is 0 Å². The van der Waals surface area contributed by atoms with Gasteiger partial charge in [-0.25, -0.2) is 4.39 Å². The fourth-order valence-electron chi connectivity index (χ4n) is 2.90. The number of hydrogen-bond donors (Lipinski definition) is 2. The van der Waals surface area contributed by atoms with Crippen molar-refractivity contribution in [1.82, 2.24) is 5.32 Å². The van der Waals surface area contributed by atoms with Gasteiger partial charge in [-0.2, -0.15) is 11.3 Å². The summed E-state index contributed by atoms with van der Waals surface area (Å²) < 4.78 is 13.5. The van der Waals surface area contributed by atoms with E-state index in [1.54, 1.807) is 12.1 Å². The summed E-state index contributed by atoms with van der Waals surface area (Å²) in [4.78, 5) is 12.6. The first kappa shape index (κ1) is 15.2. The summed E-state index contributed by atoms with van der Waals surface area (Å²) in [6.45, 7) is 0.173. The Balaban J connectivity index is 1.70. The van der Waals surface area contributed by atoms with Crippen molar-refractivity contribution in [2.45, 2.75) is 30.8 Å². The molecule has 2 N–H and O–H groups in total. The van der Waals surface area contributed by atoms with Crippen LogP contribution in [0.25, 0.3) is 0 Å². The summed E-state index contributed by atoms with van der Waals surface area (Å²) in [5.41, 5.74) is 0.885. The molecule has 1 atom stereocenters. The number of aliphatic hydroxyl groups excluding tert-OH is 1. The molecule has 22 heavy (non-hydrogen) atoms. The number of nitrogens with one attached hydrogen (secondary N) is 1. The molecule has 1 unspecified atom stereocenters. The smallest absolute Gasteiger partial charge is 0.230 e. The van der Waals surface area contributed by atoms with Crippen LogP contribution >= 0.6 is 11.3 Å². The molecule has 1 aromatic heterocycles. The van der Waals surface area contributed by atoms with Gasteiger partial charge >= 0.3 is 0 Å². The van der Waals surface area contributed by atoms with E-state index in [1.807, 2.05) is 16.8 Å². The van der Waals surface area contributed by atoms with Gasteiger partial charge in [-0.3, -0.25) is 4.79 Å². The van der Waals surface area contributed by atoms with Gasteiger partial charge in [0, 0.05) is 6.54 Å². The van der Waals surface area contributed by atoms with Crippen LogP contribution in [0.2, 0.25) is 0 Å². The Morgan fingerprint density at radius 2 is 2.23 bits per heavy atom. The lowest BCUT2D eigenvalue weighted by Crippen LogP contribution is -2.50. The lowest BCUT2D eigenvalue weighted by molar-refractivity contribution is -0.130. The van der Waals surface area contributed by atoms with Gasteiger partial charge in [0.15, 0.2) is 0 Å². The van der Waals surface area contributed by atoms with E-state index in [0.717, 1.165) is 30.4 Å². The summed E-state index contributed by atoms with van der Waals surface area (Å²) in [6.07, 6.45) is 1.69. The maximum Gasteiger partial charge on any atom is 0.230 e. The minimum Gasteiger partial charge on any atom is -0.387 e. The predicted molar refractivity (Wildman–Crippen MR) is 84.2 cm³/mol. The number of thiophene rings is 1. The summed E-state index contributed by atoms with van der Waals surface area (Å²) in [7, 11) is 0. The molecule has 1 fully saturated rings. The molecular weight excluding hydrogens is 301 g/mol. The Hall–Kier alpha value is -1.72. The Labute approximate surface area is 132 Å². The van der Waals surface area contributed by atoms with Gasteiger partial charge in [0.1, 0.15) is 5.82 Å². The molecule has 116 valence electrons. The standard InChI is InChI=1S/C17H18FNO2S/c18-14-4-1-3-13(9-14)17(6-2-7-17)16(21)19-10-15(20)12-5-8-22-11-12/h1,3-5,8-9,11,15,20H,2,6-7,10H2,(H,19,21). The van der Waals surface area contributed by atoms with Crippen LogP contribution in [-0.2, 0) is 10.2 Å². The first-order chi connectivity index (χ1) is 10.6. The third kappa shape index (κ3) is 2.78. The van der Waals surface area contributed by atoms with Crippen LogP contribution in [-0.4, -0.2) is 17.6 Å². The zero-order valence-corrected chi connectivity index (χ0v) is 12.9. The van der Waals surface area contributed by atoms with E-state index in [9.17, 15) is 14.3 Å². The molecule has 5 heteroatoms. The third-order valence-electron chi connectivity index (χ3n) is 4.40. The van der Waals surface area contributed by atoms with Gasteiger partial charge in [0.2, 0.25) is 5.91 Å². The molecule has 1 aliphatic carbocycles. The molecule has 0 aliphatic heterocycles. The predicted octanol–water partition coefficient (Wildman–Crippen LogP) is 3.16. The summed E-state index contributed by atoms with van der Waals surface area (Å²) >= 11 is 1.51. The largest absolute Gasteiger partial charge is 0.387 e. The van der Waals surface area contributed by atoms with Crippen LogP contribution in [0.15, 0.2) is 41.1 Å². The highest BCUT2D eigenvalue weighted by atomic mass is 32.1. The quantitative estimate of drug-likeness (QED) is 0.889. The van der Waals surface area contributed by atoms with E-state index in [1.165, 1.54) is 23.5 Å². The second-order valence-electron chi connectivity index (χ2n) is 5.73. The van der Waals surface area contributed by atoms with Gasteiger partial charge in [0.05, 0.1) is 11.5 Å². The number of carbonyl (C=O) groups is 1. The molecule has 0 bridgehead atoms. The van der Waals surface area contributed by atoms with Gasteiger partial charge in [-0.1, -0.05) is 18.6 Å². The molecule has 1 aromatic carbocycles. The van der Waals surface area contributed by atoms with Crippen molar-refractivity contribution in [2.75, 3.05) is 6.54 Å². The minimum absolute atomic E-state index is 0.126. The molecule has 0 spiro atoms. The SMILES string of the molecule is O=C(NCC(O)c1ccsc1)C1(c2cccc(F)c2)CCC1. The Kier molecular flexibility index (Phi) is 4.27. The van der Waals surface area contributed by atoms with Crippen LogP contribution < -0.4 is 5.32 Å². The first-order valence-electron chi connectivity index (χ1n) is 7.36. The van der Waals surface area contributed by atoms with Crippen LogP contribution in [0.5, 0.6) is 0 Å². The highest BCUT2D eigenvalue weighted by molar-refractivity contribution is 7.07. The van der Waals surface area contributed by atoms with Gasteiger partial charge in [-0.05, 0) is 52.9 Å². The molecule has 3 nitrogen and oxygen atoms in total. The number of aliphatic hydroxyl groups is 1. The second kappa shape index (κ2) is 6.18. The van der Waals surface area contributed by atoms with Crippen molar-refractivity contribution >= 4 is 17.2 Å². The van der Waals surface area contributed by atoms with Crippen molar-refractivity contribution < 1.29 is 14.3 Å². The zero-order valence-electron chi connectivity index (χ0n) is 12.1. The fourth-order valence-corrected chi connectivity index (χ4v) is 3.61. The minimum atomic E-state index is -0.708. The summed E-state index contributed by atoms with van der Waals surface area (Å²) in [5, 5.41) is 16.6. The van der Waals surface area contributed by atoms with Gasteiger partial charge in [0.25, 0.3) is 0 Å². The maximum atomic E-state index is 13.5. The number of carbonyl (C=O) groups excluding carboxylic acids is 1. The van der Waals surface area contributed by atoms with E-state index in [2.05, 4.69) is 5.32 Å². The zero-order chi connectivity index (χ0) is 15.6. The van der Waals surface area contributed by atoms with E-state index in [4.69, 9.17) is 0 Å². The Bertz CT molecular complexity index is 652. The third-order valence-corrected chi connectivity index (χ3v) is 5.10.